The number of aromatic amines is 1. The minimum atomic E-state index is -0.655. The first kappa shape index (κ1) is 24.7. The zero-order valence-corrected chi connectivity index (χ0v) is 19.3. The van der Waals surface area contributed by atoms with Crippen molar-refractivity contribution in [3.8, 4) is 0 Å². The van der Waals surface area contributed by atoms with Crippen LogP contribution in [0, 0.1) is 5.92 Å². The highest BCUT2D eigenvalue weighted by Gasteiger charge is 2.24. The van der Waals surface area contributed by atoms with Crippen LogP contribution in [-0.4, -0.2) is 28.5 Å². The minimum Gasteiger partial charge on any atom is -0.383 e. The molecule has 2 aromatic rings. The molecular weight excluding hydrogens is 418 g/mol. The Morgan fingerprint density at radius 3 is 2.45 bits per heavy atom. The van der Waals surface area contributed by atoms with Crippen LogP contribution < -0.4 is 27.2 Å². The van der Waals surface area contributed by atoms with Crippen LogP contribution in [0.25, 0.3) is 0 Å². The lowest BCUT2D eigenvalue weighted by atomic mass is 10.1. The standard InChI is InChI=1S/C22H32ClN5O3/c1-5-6-11-27(18(29)12-25-15(4)16-7-9-17(23)10-8-16)19-20(24)28(13-14(2)3)22(31)26-21(19)30/h7-10,14-15,25H,5-6,11-13,24H2,1-4H3,(H,26,30,31)/t15-/m1/s1. The van der Waals surface area contributed by atoms with Crippen molar-refractivity contribution in [1.29, 1.82) is 0 Å². The molecule has 0 aliphatic carbocycles. The third-order valence-corrected chi connectivity index (χ3v) is 5.25. The molecule has 0 fully saturated rings. The quantitative estimate of drug-likeness (QED) is 0.516. The first-order chi connectivity index (χ1) is 14.6. The molecule has 1 amide bonds. The van der Waals surface area contributed by atoms with E-state index in [1.54, 1.807) is 12.1 Å². The third-order valence-electron chi connectivity index (χ3n) is 5.00. The van der Waals surface area contributed by atoms with Gasteiger partial charge in [0, 0.05) is 24.2 Å². The van der Waals surface area contributed by atoms with Gasteiger partial charge in [-0.1, -0.05) is 50.9 Å². The van der Waals surface area contributed by atoms with Gasteiger partial charge in [-0.05, 0) is 37.0 Å². The highest BCUT2D eigenvalue weighted by molar-refractivity contribution is 6.30. The zero-order chi connectivity index (χ0) is 23.1. The highest BCUT2D eigenvalue weighted by Crippen LogP contribution is 2.19. The van der Waals surface area contributed by atoms with E-state index < -0.39 is 11.2 Å². The molecule has 4 N–H and O–H groups in total. The van der Waals surface area contributed by atoms with Gasteiger partial charge in [0.2, 0.25) is 5.91 Å². The van der Waals surface area contributed by atoms with Crippen molar-refractivity contribution in [3.05, 3.63) is 55.7 Å². The van der Waals surface area contributed by atoms with Crippen molar-refractivity contribution < 1.29 is 4.79 Å². The Morgan fingerprint density at radius 1 is 1.23 bits per heavy atom. The molecule has 0 spiro atoms. The summed E-state index contributed by atoms with van der Waals surface area (Å²) in [4.78, 5) is 41.7. The number of nitrogens with zero attached hydrogens (tertiary/aromatic N) is 2. The number of benzene rings is 1. The van der Waals surface area contributed by atoms with E-state index in [4.69, 9.17) is 17.3 Å². The van der Waals surface area contributed by atoms with Crippen LogP contribution >= 0.6 is 11.6 Å². The van der Waals surface area contributed by atoms with E-state index in [1.165, 1.54) is 9.47 Å². The van der Waals surface area contributed by atoms with E-state index in [-0.39, 0.29) is 35.9 Å². The van der Waals surface area contributed by atoms with Gasteiger partial charge in [-0.25, -0.2) is 4.79 Å². The second-order valence-corrected chi connectivity index (χ2v) is 8.49. The number of rotatable bonds is 10. The molecule has 0 unspecified atom stereocenters. The first-order valence-corrected chi connectivity index (χ1v) is 10.9. The van der Waals surface area contributed by atoms with Crippen LogP contribution in [0.5, 0.6) is 0 Å². The van der Waals surface area contributed by atoms with Gasteiger partial charge in [0.05, 0.1) is 6.54 Å². The SMILES string of the molecule is CCCCN(C(=O)CN[C@H](C)c1ccc(Cl)cc1)c1c(N)n(CC(C)C)c(=O)[nH]c1=O. The van der Waals surface area contributed by atoms with E-state index in [2.05, 4.69) is 10.3 Å². The summed E-state index contributed by atoms with van der Waals surface area (Å²) >= 11 is 5.94. The lowest BCUT2D eigenvalue weighted by molar-refractivity contribution is -0.118. The molecule has 8 nitrogen and oxygen atoms in total. The molecule has 9 heteroatoms. The van der Waals surface area contributed by atoms with E-state index in [0.717, 1.165) is 12.0 Å². The highest BCUT2D eigenvalue weighted by atomic mass is 35.5. The van der Waals surface area contributed by atoms with Crippen LogP contribution in [0.1, 0.15) is 52.1 Å². The number of anilines is 2. The minimum absolute atomic E-state index is 0.00962. The first-order valence-electron chi connectivity index (χ1n) is 10.6. The molecule has 2 rings (SSSR count). The molecule has 170 valence electrons. The van der Waals surface area contributed by atoms with Crippen LogP contribution in [-0.2, 0) is 11.3 Å². The van der Waals surface area contributed by atoms with Crippen LogP contribution in [0.15, 0.2) is 33.9 Å². The topological polar surface area (TPSA) is 113 Å². The van der Waals surface area contributed by atoms with Crippen molar-refractivity contribution in [3.63, 3.8) is 0 Å². The number of hydrogen-bond donors (Lipinski definition) is 3. The number of halogens is 1. The van der Waals surface area contributed by atoms with Crippen LogP contribution in [0.3, 0.4) is 0 Å². The molecule has 0 saturated heterocycles. The fourth-order valence-electron chi connectivity index (χ4n) is 3.27. The number of unbranched alkanes of at least 4 members (excludes halogenated alkanes) is 1. The van der Waals surface area contributed by atoms with E-state index in [1.807, 2.05) is 39.8 Å². The monoisotopic (exact) mass is 449 g/mol. The lowest BCUT2D eigenvalue weighted by Gasteiger charge is -2.26. The Hall–Kier alpha value is -2.58. The fourth-order valence-corrected chi connectivity index (χ4v) is 3.39. The van der Waals surface area contributed by atoms with Gasteiger partial charge in [0.1, 0.15) is 5.82 Å². The predicted molar refractivity (Wildman–Crippen MR) is 126 cm³/mol. The summed E-state index contributed by atoms with van der Waals surface area (Å²) in [5.74, 6) is -0.140. The van der Waals surface area contributed by atoms with Crippen LogP contribution in [0.4, 0.5) is 11.5 Å². The molecule has 1 aromatic heterocycles. The Balaban J connectivity index is 2.30. The number of hydrogen-bond acceptors (Lipinski definition) is 5. The third kappa shape index (κ3) is 6.45. The van der Waals surface area contributed by atoms with Gasteiger partial charge in [-0.3, -0.25) is 19.1 Å². The number of carbonyl (C=O) groups is 1. The predicted octanol–water partition coefficient (Wildman–Crippen LogP) is 2.91. The normalized spacial score (nSPS) is 12.2. The van der Waals surface area contributed by atoms with Gasteiger partial charge >= 0.3 is 5.69 Å². The van der Waals surface area contributed by atoms with Gasteiger partial charge in [0.15, 0.2) is 5.69 Å². The summed E-state index contributed by atoms with van der Waals surface area (Å²) in [5, 5.41) is 3.83. The van der Waals surface area contributed by atoms with Crippen molar-refractivity contribution >= 4 is 29.0 Å². The molecule has 0 aliphatic rings. The van der Waals surface area contributed by atoms with Gasteiger partial charge in [-0.15, -0.1) is 0 Å². The summed E-state index contributed by atoms with van der Waals surface area (Å²) in [7, 11) is 0. The second kappa shape index (κ2) is 11.2. The zero-order valence-electron chi connectivity index (χ0n) is 18.6. The lowest BCUT2D eigenvalue weighted by Crippen LogP contribution is -2.45. The summed E-state index contributed by atoms with van der Waals surface area (Å²) in [6.07, 6.45) is 1.53. The molecule has 0 radical (unpaired) electrons. The summed E-state index contributed by atoms with van der Waals surface area (Å²) in [5.41, 5.74) is 6.01. The van der Waals surface area contributed by atoms with E-state index in [9.17, 15) is 14.4 Å². The number of aromatic nitrogens is 2. The number of amides is 1. The Bertz CT molecular complexity index is 998. The average molecular weight is 450 g/mol. The van der Waals surface area contributed by atoms with Crippen molar-refractivity contribution in [2.45, 2.75) is 53.1 Å². The Labute approximate surface area is 187 Å². The second-order valence-electron chi connectivity index (χ2n) is 8.05. The van der Waals surface area contributed by atoms with Crippen molar-refractivity contribution in [2.75, 3.05) is 23.7 Å². The summed E-state index contributed by atoms with van der Waals surface area (Å²) in [6, 6.07) is 7.28. The number of carbonyl (C=O) groups excluding carboxylic acids is 1. The Morgan fingerprint density at radius 2 is 1.87 bits per heavy atom. The van der Waals surface area contributed by atoms with Crippen molar-refractivity contribution in [1.82, 2.24) is 14.9 Å². The summed E-state index contributed by atoms with van der Waals surface area (Å²) in [6.45, 7) is 8.51. The molecular formula is C22H32ClN5O3. The molecule has 1 heterocycles. The van der Waals surface area contributed by atoms with Crippen LogP contribution in [0.2, 0.25) is 5.02 Å². The summed E-state index contributed by atoms with van der Waals surface area (Å²) < 4.78 is 1.32. The maximum atomic E-state index is 13.1. The molecule has 0 saturated carbocycles. The average Bonchev–Trinajstić information content (AvgIpc) is 2.71. The van der Waals surface area contributed by atoms with Gasteiger partial charge < -0.3 is 16.0 Å². The van der Waals surface area contributed by atoms with Gasteiger partial charge in [0.25, 0.3) is 5.56 Å². The van der Waals surface area contributed by atoms with Gasteiger partial charge in [-0.2, -0.15) is 0 Å². The molecule has 1 aromatic carbocycles. The van der Waals surface area contributed by atoms with Crippen molar-refractivity contribution in [2.24, 2.45) is 5.92 Å². The smallest absolute Gasteiger partial charge is 0.330 e. The van der Waals surface area contributed by atoms with E-state index in [0.29, 0.717) is 24.5 Å². The maximum Gasteiger partial charge on any atom is 0.330 e. The Kier molecular flexibility index (Phi) is 8.88. The molecule has 1 atom stereocenters. The largest absolute Gasteiger partial charge is 0.383 e. The van der Waals surface area contributed by atoms with E-state index >= 15 is 0 Å². The number of nitrogen functional groups attached to an aromatic ring is 1. The molecule has 31 heavy (non-hydrogen) atoms. The molecule has 0 bridgehead atoms. The number of H-pyrrole nitrogens is 1. The molecule has 0 aliphatic heterocycles. The number of nitrogens with one attached hydrogen (secondary N) is 2. The number of nitrogens with two attached hydrogens (primary N) is 1. The maximum absolute atomic E-state index is 13.1. The fraction of sp³-hybridized carbons (Fsp3) is 0.500.